The third kappa shape index (κ3) is 4.52. The highest BCUT2D eigenvalue weighted by Crippen LogP contribution is 2.28. The number of ether oxygens (including phenoxy) is 1. The number of hydrogen-bond donors (Lipinski definition) is 2. The summed E-state index contributed by atoms with van der Waals surface area (Å²) in [4.78, 5) is 35.7. The minimum atomic E-state index is -0.536. The summed E-state index contributed by atoms with van der Waals surface area (Å²) in [5.74, 6) is 0.299. The molecule has 1 aromatic heterocycles. The first kappa shape index (κ1) is 19.9. The van der Waals surface area contributed by atoms with Gasteiger partial charge < -0.3 is 14.5 Å². The van der Waals surface area contributed by atoms with Gasteiger partial charge in [-0.25, -0.2) is 9.59 Å². The standard InChI is InChI=1S/C21H26N2O5/c1-12-6-4-5-7-16(12)22-21(26)23-18(24)11-27-17-9-8-15-13(2)10-19(25)28-20(15)14(17)3/h8-10,12,16H,4-7,11H2,1-3H3,(H2,22,23,24,26)/t12-,16-/m0/s1. The van der Waals surface area contributed by atoms with E-state index in [2.05, 4.69) is 17.6 Å². The number of aryl methyl sites for hydroxylation is 2. The molecule has 0 saturated heterocycles. The average molecular weight is 386 g/mol. The SMILES string of the molecule is Cc1cc(=O)oc2c(C)c(OCC(=O)NC(=O)N[C@H]3CCCC[C@@H]3C)ccc12. The van der Waals surface area contributed by atoms with Crippen molar-refractivity contribution in [3.8, 4) is 5.75 Å². The topological polar surface area (TPSA) is 97.6 Å². The molecule has 0 bridgehead atoms. The van der Waals surface area contributed by atoms with Gasteiger partial charge in [0.1, 0.15) is 11.3 Å². The number of carbonyl (C=O) groups is 2. The van der Waals surface area contributed by atoms with Gasteiger partial charge in [-0.05, 0) is 50.3 Å². The molecule has 28 heavy (non-hydrogen) atoms. The molecule has 1 heterocycles. The normalized spacial score (nSPS) is 19.2. The Labute approximate surface area is 163 Å². The summed E-state index contributed by atoms with van der Waals surface area (Å²) >= 11 is 0. The van der Waals surface area contributed by atoms with Crippen LogP contribution >= 0.6 is 0 Å². The second-order valence-corrected chi connectivity index (χ2v) is 7.49. The van der Waals surface area contributed by atoms with E-state index in [1.54, 1.807) is 19.1 Å². The lowest BCUT2D eigenvalue weighted by Gasteiger charge is -2.29. The van der Waals surface area contributed by atoms with Crippen molar-refractivity contribution in [2.24, 2.45) is 5.92 Å². The fourth-order valence-electron chi connectivity index (χ4n) is 3.70. The largest absolute Gasteiger partial charge is 0.483 e. The Morgan fingerprint density at radius 1 is 1.21 bits per heavy atom. The molecule has 0 unspecified atom stereocenters. The molecule has 1 saturated carbocycles. The minimum absolute atomic E-state index is 0.0938. The zero-order valence-corrected chi connectivity index (χ0v) is 16.5. The maximum absolute atomic E-state index is 12.1. The summed E-state index contributed by atoms with van der Waals surface area (Å²) < 4.78 is 10.8. The molecule has 3 amide bonds. The van der Waals surface area contributed by atoms with Gasteiger partial charge >= 0.3 is 11.7 Å². The zero-order valence-electron chi connectivity index (χ0n) is 16.5. The van der Waals surface area contributed by atoms with Crippen LogP contribution in [-0.4, -0.2) is 24.6 Å². The summed E-state index contributed by atoms with van der Waals surface area (Å²) in [6.45, 7) is 5.39. The maximum Gasteiger partial charge on any atom is 0.336 e. The quantitative estimate of drug-likeness (QED) is 0.787. The average Bonchev–Trinajstić information content (AvgIpc) is 2.63. The van der Waals surface area contributed by atoms with Crippen LogP contribution in [0.3, 0.4) is 0 Å². The fraction of sp³-hybridized carbons (Fsp3) is 0.476. The molecule has 1 aromatic carbocycles. The number of benzene rings is 1. The second kappa shape index (κ2) is 8.46. The predicted molar refractivity (Wildman–Crippen MR) is 106 cm³/mol. The molecule has 7 heteroatoms. The Hall–Kier alpha value is -2.83. The number of fused-ring (bicyclic) bond motifs is 1. The van der Waals surface area contributed by atoms with Gasteiger partial charge in [0.15, 0.2) is 6.61 Å². The molecular weight excluding hydrogens is 360 g/mol. The third-order valence-electron chi connectivity index (χ3n) is 5.36. The van der Waals surface area contributed by atoms with Crippen LogP contribution in [-0.2, 0) is 4.79 Å². The zero-order chi connectivity index (χ0) is 20.3. The molecule has 1 fully saturated rings. The number of nitrogens with one attached hydrogen (secondary N) is 2. The van der Waals surface area contributed by atoms with Crippen molar-refractivity contribution in [3.05, 3.63) is 39.7 Å². The van der Waals surface area contributed by atoms with Crippen molar-refractivity contribution in [1.29, 1.82) is 0 Å². The highest BCUT2D eigenvalue weighted by molar-refractivity contribution is 5.95. The Bertz CT molecular complexity index is 950. The van der Waals surface area contributed by atoms with Gasteiger partial charge in [0, 0.05) is 23.1 Å². The van der Waals surface area contributed by atoms with Crippen LogP contribution in [0.5, 0.6) is 5.75 Å². The first-order valence-electron chi connectivity index (χ1n) is 9.62. The summed E-state index contributed by atoms with van der Waals surface area (Å²) in [7, 11) is 0. The smallest absolute Gasteiger partial charge is 0.336 e. The molecular formula is C21H26N2O5. The van der Waals surface area contributed by atoms with E-state index in [1.807, 2.05) is 6.92 Å². The lowest BCUT2D eigenvalue weighted by molar-refractivity contribution is -0.122. The van der Waals surface area contributed by atoms with Crippen LogP contribution in [0, 0.1) is 19.8 Å². The highest BCUT2D eigenvalue weighted by Gasteiger charge is 2.23. The van der Waals surface area contributed by atoms with E-state index in [1.165, 1.54) is 12.5 Å². The summed E-state index contributed by atoms with van der Waals surface area (Å²) in [5, 5.41) is 5.99. The molecule has 150 valence electrons. The van der Waals surface area contributed by atoms with Crippen molar-refractivity contribution in [2.45, 2.75) is 52.5 Å². The van der Waals surface area contributed by atoms with Crippen molar-refractivity contribution in [3.63, 3.8) is 0 Å². The first-order chi connectivity index (χ1) is 13.3. The van der Waals surface area contributed by atoms with Crippen LogP contribution < -0.4 is 21.0 Å². The van der Waals surface area contributed by atoms with Gasteiger partial charge in [-0.3, -0.25) is 10.1 Å². The lowest BCUT2D eigenvalue weighted by atomic mass is 9.86. The molecule has 2 atom stereocenters. The molecule has 1 aliphatic rings. The van der Waals surface area contributed by atoms with E-state index in [0.717, 1.165) is 30.2 Å². The molecule has 3 rings (SSSR count). The number of rotatable bonds is 4. The third-order valence-corrected chi connectivity index (χ3v) is 5.36. The van der Waals surface area contributed by atoms with Gasteiger partial charge in [-0.2, -0.15) is 0 Å². The number of imide groups is 1. The lowest BCUT2D eigenvalue weighted by Crippen LogP contribution is -2.48. The summed E-state index contributed by atoms with van der Waals surface area (Å²) in [6, 6.07) is 4.54. The molecule has 7 nitrogen and oxygen atoms in total. The molecule has 0 radical (unpaired) electrons. The molecule has 2 aromatic rings. The van der Waals surface area contributed by atoms with Crippen molar-refractivity contribution >= 4 is 22.9 Å². The summed E-state index contributed by atoms with van der Waals surface area (Å²) in [5.41, 5.74) is 1.45. The molecule has 2 N–H and O–H groups in total. The van der Waals surface area contributed by atoms with Crippen molar-refractivity contribution in [1.82, 2.24) is 10.6 Å². The number of amides is 3. The fourth-order valence-corrected chi connectivity index (χ4v) is 3.70. The highest BCUT2D eigenvalue weighted by atomic mass is 16.5. The van der Waals surface area contributed by atoms with E-state index >= 15 is 0 Å². The van der Waals surface area contributed by atoms with Gasteiger partial charge in [0.2, 0.25) is 0 Å². The first-order valence-corrected chi connectivity index (χ1v) is 9.62. The van der Waals surface area contributed by atoms with Crippen LogP contribution in [0.15, 0.2) is 27.4 Å². The van der Waals surface area contributed by atoms with Gasteiger partial charge in [-0.1, -0.05) is 19.8 Å². The van der Waals surface area contributed by atoms with Gasteiger partial charge in [0.25, 0.3) is 5.91 Å². The van der Waals surface area contributed by atoms with Crippen molar-refractivity contribution < 1.29 is 18.7 Å². The van der Waals surface area contributed by atoms with E-state index < -0.39 is 17.6 Å². The Morgan fingerprint density at radius 3 is 2.71 bits per heavy atom. The van der Waals surface area contributed by atoms with Crippen LogP contribution in [0.4, 0.5) is 4.79 Å². The monoisotopic (exact) mass is 386 g/mol. The van der Waals surface area contributed by atoms with Crippen LogP contribution in [0.1, 0.15) is 43.7 Å². The Kier molecular flexibility index (Phi) is 6.02. The van der Waals surface area contributed by atoms with Crippen LogP contribution in [0.25, 0.3) is 11.0 Å². The summed E-state index contributed by atoms with van der Waals surface area (Å²) in [6.07, 6.45) is 4.28. The van der Waals surface area contributed by atoms with E-state index in [9.17, 15) is 14.4 Å². The predicted octanol–water partition coefficient (Wildman–Crippen LogP) is 3.19. The maximum atomic E-state index is 12.1. The van der Waals surface area contributed by atoms with E-state index in [-0.39, 0.29) is 12.6 Å². The molecule has 1 aliphatic carbocycles. The Balaban J connectivity index is 1.59. The minimum Gasteiger partial charge on any atom is -0.483 e. The Morgan fingerprint density at radius 2 is 1.96 bits per heavy atom. The van der Waals surface area contributed by atoms with Crippen molar-refractivity contribution in [2.75, 3.05) is 6.61 Å². The number of carbonyl (C=O) groups excluding carboxylic acids is 2. The number of urea groups is 1. The van der Waals surface area contributed by atoms with E-state index in [4.69, 9.17) is 9.15 Å². The molecule has 0 aliphatic heterocycles. The van der Waals surface area contributed by atoms with Gasteiger partial charge in [-0.15, -0.1) is 0 Å². The molecule has 0 spiro atoms. The van der Waals surface area contributed by atoms with E-state index in [0.29, 0.717) is 22.8 Å². The van der Waals surface area contributed by atoms with Gasteiger partial charge in [0.05, 0.1) is 0 Å². The van der Waals surface area contributed by atoms with Crippen LogP contribution in [0.2, 0.25) is 0 Å². The number of hydrogen-bond acceptors (Lipinski definition) is 5. The second-order valence-electron chi connectivity index (χ2n) is 7.49.